The van der Waals surface area contributed by atoms with E-state index in [1.54, 1.807) is 12.1 Å². The quantitative estimate of drug-likeness (QED) is 0.728. The molecule has 0 amide bonds. The van der Waals surface area contributed by atoms with Gasteiger partial charge < -0.3 is 9.15 Å². The molecule has 0 aliphatic heterocycles. The van der Waals surface area contributed by atoms with Gasteiger partial charge in [0.1, 0.15) is 11.6 Å². The fraction of sp³-hybridized carbons (Fsp3) is 0.125. The maximum atomic E-state index is 13.2. The Morgan fingerprint density at radius 2 is 1.71 bits per heavy atom. The summed E-state index contributed by atoms with van der Waals surface area (Å²) in [5.74, 6) is 1.12. The van der Waals surface area contributed by atoms with Gasteiger partial charge in [0.25, 0.3) is 0 Å². The van der Waals surface area contributed by atoms with Crippen molar-refractivity contribution in [1.82, 2.24) is 10.2 Å². The predicted octanol–water partition coefficient (Wildman–Crippen LogP) is 3.94. The zero-order valence-electron chi connectivity index (χ0n) is 11.4. The predicted molar refractivity (Wildman–Crippen MR) is 76.3 cm³/mol. The van der Waals surface area contributed by atoms with Crippen molar-refractivity contribution in [3.05, 3.63) is 54.3 Å². The highest BCUT2D eigenvalue weighted by molar-refractivity contribution is 5.58. The Labute approximate surface area is 121 Å². The van der Waals surface area contributed by atoms with Crippen molar-refractivity contribution in [2.24, 2.45) is 0 Å². The van der Waals surface area contributed by atoms with E-state index >= 15 is 0 Å². The van der Waals surface area contributed by atoms with Gasteiger partial charge in [-0.15, -0.1) is 10.2 Å². The van der Waals surface area contributed by atoms with Gasteiger partial charge in [-0.1, -0.05) is 6.07 Å². The molecule has 0 radical (unpaired) electrons. The first kappa shape index (κ1) is 13.3. The molecule has 0 saturated heterocycles. The summed E-state index contributed by atoms with van der Waals surface area (Å²) in [6, 6.07) is 13.4. The summed E-state index contributed by atoms with van der Waals surface area (Å²) in [4.78, 5) is 0. The fourth-order valence-corrected chi connectivity index (χ4v) is 1.94. The van der Waals surface area contributed by atoms with Gasteiger partial charge in [-0.25, -0.2) is 4.39 Å². The Morgan fingerprint density at radius 1 is 1.00 bits per heavy atom. The average molecular weight is 284 g/mol. The molecule has 0 N–H and O–H groups in total. The molecule has 1 heterocycles. The van der Waals surface area contributed by atoms with Gasteiger partial charge in [-0.05, 0) is 49.4 Å². The van der Waals surface area contributed by atoms with Gasteiger partial charge in [0, 0.05) is 11.1 Å². The van der Waals surface area contributed by atoms with E-state index in [0.717, 1.165) is 11.3 Å². The first-order valence-corrected chi connectivity index (χ1v) is 6.59. The third kappa shape index (κ3) is 2.91. The summed E-state index contributed by atoms with van der Waals surface area (Å²) in [6.07, 6.45) is 0. The minimum absolute atomic E-state index is 0.290. The molecule has 0 unspecified atom stereocenters. The topological polar surface area (TPSA) is 48.2 Å². The largest absolute Gasteiger partial charge is 0.494 e. The Bertz CT molecular complexity index is 738. The highest BCUT2D eigenvalue weighted by atomic mass is 19.1. The van der Waals surface area contributed by atoms with Crippen molar-refractivity contribution in [2.75, 3.05) is 6.61 Å². The molecule has 0 atom stereocenters. The van der Waals surface area contributed by atoms with Crippen molar-refractivity contribution in [2.45, 2.75) is 6.92 Å². The third-order valence-electron chi connectivity index (χ3n) is 2.91. The molecule has 0 aliphatic rings. The van der Waals surface area contributed by atoms with Crippen molar-refractivity contribution in [1.29, 1.82) is 0 Å². The minimum atomic E-state index is -0.340. The maximum absolute atomic E-state index is 13.2. The van der Waals surface area contributed by atoms with E-state index in [9.17, 15) is 4.39 Å². The molecule has 0 saturated carbocycles. The van der Waals surface area contributed by atoms with Gasteiger partial charge >= 0.3 is 0 Å². The number of aromatic nitrogens is 2. The summed E-state index contributed by atoms with van der Waals surface area (Å²) in [5, 5.41) is 7.94. The minimum Gasteiger partial charge on any atom is -0.494 e. The number of halogens is 1. The van der Waals surface area contributed by atoms with E-state index < -0.39 is 0 Å². The van der Waals surface area contributed by atoms with Crippen LogP contribution in [0.5, 0.6) is 5.75 Å². The van der Waals surface area contributed by atoms with Crippen LogP contribution in [0.3, 0.4) is 0 Å². The van der Waals surface area contributed by atoms with Crippen LogP contribution in [0.4, 0.5) is 4.39 Å². The maximum Gasteiger partial charge on any atom is 0.248 e. The number of nitrogens with zero attached hydrogens (tertiary/aromatic N) is 2. The standard InChI is InChI=1S/C16H13FN2O2/c1-2-20-14-8-6-11(7-9-14)15-18-19-16(21-15)12-4-3-5-13(17)10-12/h3-10H,2H2,1H3. The Morgan fingerprint density at radius 3 is 2.38 bits per heavy atom. The molecule has 4 nitrogen and oxygen atoms in total. The lowest BCUT2D eigenvalue weighted by Gasteiger charge is -2.02. The Balaban J connectivity index is 1.87. The monoisotopic (exact) mass is 284 g/mol. The van der Waals surface area contributed by atoms with Crippen molar-refractivity contribution < 1.29 is 13.5 Å². The lowest BCUT2D eigenvalue weighted by molar-refractivity contribution is 0.340. The van der Waals surface area contributed by atoms with Crippen LogP contribution in [-0.2, 0) is 0 Å². The van der Waals surface area contributed by atoms with E-state index in [4.69, 9.17) is 9.15 Å². The van der Waals surface area contributed by atoms with Gasteiger partial charge in [-0.2, -0.15) is 0 Å². The second-order valence-electron chi connectivity index (χ2n) is 4.38. The van der Waals surface area contributed by atoms with Crippen LogP contribution in [0, 0.1) is 5.82 Å². The van der Waals surface area contributed by atoms with E-state index in [1.165, 1.54) is 12.1 Å². The normalized spacial score (nSPS) is 10.6. The molecule has 0 bridgehead atoms. The Hall–Kier alpha value is -2.69. The van der Waals surface area contributed by atoms with Gasteiger partial charge in [-0.3, -0.25) is 0 Å². The zero-order valence-corrected chi connectivity index (χ0v) is 11.4. The number of rotatable bonds is 4. The molecule has 2 aromatic carbocycles. The molecule has 0 spiro atoms. The lowest BCUT2D eigenvalue weighted by atomic mass is 10.2. The van der Waals surface area contributed by atoms with Gasteiger partial charge in [0.05, 0.1) is 6.61 Å². The zero-order chi connectivity index (χ0) is 14.7. The van der Waals surface area contributed by atoms with Crippen LogP contribution in [0.15, 0.2) is 52.9 Å². The van der Waals surface area contributed by atoms with Crippen LogP contribution in [0.2, 0.25) is 0 Å². The van der Waals surface area contributed by atoms with E-state index in [0.29, 0.717) is 24.0 Å². The molecule has 5 heteroatoms. The summed E-state index contributed by atoms with van der Waals surface area (Å²) < 4.78 is 24.2. The van der Waals surface area contributed by atoms with Crippen LogP contribution >= 0.6 is 0 Å². The SMILES string of the molecule is CCOc1ccc(-c2nnc(-c3cccc(F)c3)o2)cc1. The van der Waals surface area contributed by atoms with Crippen LogP contribution in [-0.4, -0.2) is 16.8 Å². The number of ether oxygens (including phenoxy) is 1. The smallest absolute Gasteiger partial charge is 0.248 e. The van der Waals surface area contributed by atoms with E-state index in [-0.39, 0.29) is 5.82 Å². The lowest BCUT2D eigenvalue weighted by Crippen LogP contribution is -1.90. The van der Waals surface area contributed by atoms with Gasteiger partial charge in [0.15, 0.2) is 0 Å². The first-order valence-electron chi connectivity index (χ1n) is 6.59. The van der Waals surface area contributed by atoms with E-state index in [1.807, 2.05) is 31.2 Å². The molecule has 21 heavy (non-hydrogen) atoms. The first-order chi connectivity index (χ1) is 10.3. The molecule has 0 aliphatic carbocycles. The van der Waals surface area contributed by atoms with Crippen molar-refractivity contribution >= 4 is 0 Å². The highest BCUT2D eigenvalue weighted by Crippen LogP contribution is 2.25. The second kappa shape index (κ2) is 5.75. The molecule has 1 aromatic heterocycles. The molecule has 3 rings (SSSR count). The summed E-state index contributed by atoms with van der Waals surface area (Å²) in [5.41, 5.74) is 1.34. The van der Waals surface area contributed by atoms with Gasteiger partial charge in [0.2, 0.25) is 11.8 Å². The molecule has 0 fully saturated rings. The molecular formula is C16H13FN2O2. The number of hydrogen-bond acceptors (Lipinski definition) is 4. The number of hydrogen-bond donors (Lipinski definition) is 0. The van der Waals surface area contributed by atoms with E-state index in [2.05, 4.69) is 10.2 Å². The summed E-state index contributed by atoms with van der Waals surface area (Å²) in [6.45, 7) is 2.54. The van der Waals surface area contributed by atoms with Crippen LogP contribution in [0.1, 0.15) is 6.92 Å². The third-order valence-corrected chi connectivity index (χ3v) is 2.91. The van der Waals surface area contributed by atoms with Crippen molar-refractivity contribution in [3.8, 4) is 28.7 Å². The molecular weight excluding hydrogens is 271 g/mol. The second-order valence-corrected chi connectivity index (χ2v) is 4.38. The van der Waals surface area contributed by atoms with Crippen LogP contribution in [0.25, 0.3) is 22.9 Å². The van der Waals surface area contributed by atoms with Crippen LogP contribution < -0.4 is 4.74 Å². The Kier molecular flexibility index (Phi) is 3.64. The van der Waals surface area contributed by atoms with Crippen molar-refractivity contribution in [3.63, 3.8) is 0 Å². The summed E-state index contributed by atoms with van der Waals surface area (Å²) in [7, 11) is 0. The highest BCUT2D eigenvalue weighted by Gasteiger charge is 2.11. The molecule has 106 valence electrons. The molecule has 3 aromatic rings. The number of benzene rings is 2. The average Bonchev–Trinajstić information content (AvgIpc) is 2.98. The summed E-state index contributed by atoms with van der Waals surface area (Å²) >= 11 is 0. The fourth-order valence-electron chi connectivity index (χ4n) is 1.94.